The lowest BCUT2D eigenvalue weighted by molar-refractivity contribution is 0.240. The lowest BCUT2D eigenvalue weighted by Gasteiger charge is -2.30. The van der Waals surface area contributed by atoms with E-state index < -0.39 is 0 Å². The second-order valence-corrected chi connectivity index (χ2v) is 4.84. The first kappa shape index (κ1) is 14.1. The van der Waals surface area contributed by atoms with E-state index >= 15 is 0 Å². The minimum atomic E-state index is -0.0612. The molecule has 0 unspecified atom stereocenters. The van der Waals surface area contributed by atoms with Gasteiger partial charge in [0.25, 0.3) is 0 Å². The molecule has 1 fully saturated rings. The minimum absolute atomic E-state index is 0.0101. The maximum absolute atomic E-state index is 6.16. The van der Waals surface area contributed by atoms with Crippen LogP contribution in [0.4, 0.5) is 0 Å². The van der Waals surface area contributed by atoms with Gasteiger partial charge in [0.05, 0.1) is 26.2 Å². The van der Waals surface area contributed by atoms with Gasteiger partial charge in [0.15, 0.2) is 16.5 Å². The summed E-state index contributed by atoms with van der Waals surface area (Å²) < 4.78 is 16.3. The quantitative estimate of drug-likeness (QED) is 0.858. The number of benzene rings is 1. The van der Waals surface area contributed by atoms with Crippen LogP contribution in [0.1, 0.15) is 24.8 Å². The van der Waals surface area contributed by atoms with Gasteiger partial charge in [-0.2, -0.15) is 0 Å². The largest absolute Gasteiger partial charge is 0.493 e. The number of methoxy groups -OCH3 is 1. The molecule has 5 heteroatoms. The van der Waals surface area contributed by atoms with Gasteiger partial charge in [0, 0.05) is 6.04 Å². The molecule has 2 atom stereocenters. The molecular formula is C14H19NO3S. The normalized spacial score (nSPS) is 22.8. The first-order valence-electron chi connectivity index (χ1n) is 6.40. The highest BCUT2D eigenvalue weighted by atomic mass is 32.1. The molecule has 1 aromatic rings. The molecule has 1 aliphatic heterocycles. The van der Waals surface area contributed by atoms with Crippen LogP contribution < -0.4 is 15.2 Å². The zero-order valence-corrected chi connectivity index (χ0v) is 12.0. The van der Waals surface area contributed by atoms with Crippen molar-refractivity contribution in [2.24, 2.45) is 5.73 Å². The van der Waals surface area contributed by atoms with E-state index in [0.717, 1.165) is 12.0 Å². The van der Waals surface area contributed by atoms with Crippen molar-refractivity contribution in [2.45, 2.75) is 25.3 Å². The summed E-state index contributed by atoms with van der Waals surface area (Å²) in [4.78, 5) is 0. The van der Waals surface area contributed by atoms with Crippen LogP contribution in [-0.4, -0.2) is 31.4 Å². The maximum Gasteiger partial charge on any atom is 0.168 e. The minimum Gasteiger partial charge on any atom is -0.493 e. The van der Waals surface area contributed by atoms with Gasteiger partial charge in [0.2, 0.25) is 0 Å². The van der Waals surface area contributed by atoms with Crippen LogP contribution in [0.25, 0.3) is 0 Å². The SMILES string of the molecule is CCOc1cc([C@H]2C(=S)OCC[C@H]2N)ccc1OC. The van der Waals surface area contributed by atoms with E-state index in [0.29, 0.717) is 29.8 Å². The third kappa shape index (κ3) is 2.98. The molecule has 1 saturated heterocycles. The Labute approximate surface area is 118 Å². The van der Waals surface area contributed by atoms with Gasteiger partial charge < -0.3 is 19.9 Å². The molecule has 1 aliphatic rings. The fourth-order valence-corrected chi connectivity index (χ4v) is 2.66. The number of hydrogen-bond donors (Lipinski definition) is 1. The highest BCUT2D eigenvalue weighted by molar-refractivity contribution is 7.80. The van der Waals surface area contributed by atoms with Crippen LogP contribution in [-0.2, 0) is 4.74 Å². The third-order valence-corrected chi connectivity index (χ3v) is 3.60. The highest BCUT2D eigenvalue weighted by Crippen LogP contribution is 2.34. The zero-order valence-electron chi connectivity index (χ0n) is 11.2. The Morgan fingerprint density at radius 3 is 2.84 bits per heavy atom. The Hall–Kier alpha value is -1.33. The maximum atomic E-state index is 6.16. The highest BCUT2D eigenvalue weighted by Gasteiger charge is 2.30. The van der Waals surface area contributed by atoms with Crippen molar-refractivity contribution >= 4 is 17.3 Å². The van der Waals surface area contributed by atoms with Crippen molar-refractivity contribution in [1.82, 2.24) is 0 Å². The Kier molecular flexibility index (Phi) is 4.61. The Morgan fingerprint density at radius 1 is 1.42 bits per heavy atom. The first-order chi connectivity index (χ1) is 9.17. The summed E-state index contributed by atoms with van der Waals surface area (Å²) in [6.45, 7) is 3.12. The molecule has 1 heterocycles. The molecule has 2 rings (SSSR count). The second-order valence-electron chi connectivity index (χ2n) is 4.44. The average Bonchev–Trinajstić information content (AvgIpc) is 2.39. The van der Waals surface area contributed by atoms with Crippen molar-refractivity contribution in [3.05, 3.63) is 23.8 Å². The van der Waals surface area contributed by atoms with E-state index in [4.69, 9.17) is 32.2 Å². The molecule has 0 amide bonds. The molecule has 0 radical (unpaired) electrons. The Balaban J connectivity index is 2.33. The molecule has 0 saturated carbocycles. The fourth-order valence-electron chi connectivity index (χ4n) is 2.27. The molecule has 1 aromatic carbocycles. The summed E-state index contributed by atoms with van der Waals surface area (Å²) in [7, 11) is 1.62. The summed E-state index contributed by atoms with van der Waals surface area (Å²) in [6.07, 6.45) is 0.806. The molecule has 0 aliphatic carbocycles. The summed E-state index contributed by atoms with van der Waals surface area (Å²) in [5, 5.41) is 0.561. The van der Waals surface area contributed by atoms with E-state index in [9.17, 15) is 0 Å². The number of nitrogens with two attached hydrogens (primary N) is 1. The van der Waals surface area contributed by atoms with E-state index in [1.54, 1.807) is 7.11 Å². The lowest BCUT2D eigenvalue weighted by atomic mass is 9.89. The predicted octanol–water partition coefficient (Wildman–Crippen LogP) is 2.25. The second kappa shape index (κ2) is 6.21. The van der Waals surface area contributed by atoms with Crippen molar-refractivity contribution in [2.75, 3.05) is 20.3 Å². The lowest BCUT2D eigenvalue weighted by Crippen LogP contribution is -2.39. The van der Waals surface area contributed by atoms with Gasteiger partial charge in [-0.1, -0.05) is 6.07 Å². The molecule has 0 aromatic heterocycles. The number of ether oxygens (including phenoxy) is 3. The third-order valence-electron chi connectivity index (χ3n) is 3.22. The topological polar surface area (TPSA) is 53.7 Å². The number of hydrogen-bond acceptors (Lipinski definition) is 5. The van der Waals surface area contributed by atoms with E-state index in [-0.39, 0.29) is 12.0 Å². The van der Waals surface area contributed by atoms with Crippen molar-refractivity contribution in [1.29, 1.82) is 0 Å². The van der Waals surface area contributed by atoms with Crippen molar-refractivity contribution in [3.63, 3.8) is 0 Å². The monoisotopic (exact) mass is 281 g/mol. The molecule has 0 spiro atoms. The smallest absolute Gasteiger partial charge is 0.168 e. The molecule has 4 nitrogen and oxygen atoms in total. The van der Waals surface area contributed by atoms with E-state index in [1.807, 2.05) is 25.1 Å². The van der Waals surface area contributed by atoms with Gasteiger partial charge >= 0.3 is 0 Å². The Morgan fingerprint density at radius 2 is 2.21 bits per heavy atom. The van der Waals surface area contributed by atoms with Crippen molar-refractivity contribution in [3.8, 4) is 11.5 Å². The van der Waals surface area contributed by atoms with Gasteiger partial charge in [-0.3, -0.25) is 0 Å². The summed E-state index contributed by atoms with van der Waals surface area (Å²) in [6, 6.07) is 5.77. The molecule has 19 heavy (non-hydrogen) atoms. The van der Waals surface area contributed by atoms with Crippen LogP contribution in [0.3, 0.4) is 0 Å². The predicted molar refractivity (Wildman–Crippen MR) is 78.0 cm³/mol. The van der Waals surface area contributed by atoms with Crippen LogP contribution >= 0.6 is 12.2 Å². The molecule has 0 bridgehead atoms. The molecular weight excluding hydrogens is 262 g/mol. The average molecular weight is 281 g/mol. The van der Waals surface area contributed by atoms with Crippen LogP contribution in [0, 0.1) is 0 Å². The summed E-state index contributed by atoms with van der Waals surface area (Å²) >= 11 is 5.28. The van der Waals surface area contributed by atoms with Crippen LogP contribution in [0.2, 0.25) is 0 Å². The van der Waals surface area contributed by atoms with Gasteiger partial charge in [-0.15, -0.1) is 0 Å². The Bertz CT molecular complexity index is 464. The number of rotatable bonds is 4. The molecule has 2 N–H and O–H groups in total. The van der Waals surface area contributed by atoms with Crippen LogP contribution in [0.15, 0.2) is 18.2 Å². The number of thiocarbonyl (C=S) groups is 1. The zero-order chi connectivity index (χ0) is 13.8. The first-order valence-corrected chi connectivity index (χ1v) is 6.81. The summed E-state index contributed by atoms with van der Waals surface area (Å²) in [5.74, 6) is 1.36. The van der Waals surface area contributed by atoms with E-state index in [2.05, 4.69) is 0 Å². The van der Waals surface area contributed by atoms with Gasteiger partial charge in [-0.05, 0) is 43.3 Å². The summed E-state index contributed by atoms with van der Waals surface area (Å²) in [5.41, 5.74) is 7.17. The fraction of sp³-hybridized carbons (Fsp3) is 0.500. The van der Waals surface area contributed by atoms with Crippen LogP contribution in [0.5, 0.6) is 11.5 Å². The van der Waals surface area contributed by atoms with Crippen molar-refractivity contribution < 1.29 is 14.2 Å². The van der Waals surface area contributed by atoms with E-state index in [1.165, 1.54) is 0 Å². The standard InChI is InChI=1S/C14H19NO3S/c1-3-17-12-8-9(4-5-11(12)16-2)13-10(15)6-7-18-14(13)19/h4-5,8,10,13H,3,6-7,15H2,1-2H3/t10-,13-/m1/s1. The van der Waals surface area contributed by atoms with Gasteiger partial charge in [-0.25, -0.2) is 0 Å². The molecule has 104 valence electrons. The van der Waals surface area contributed by atoms with Gasteiger partial charge in [0.1, 0.15) is 0 Å².